The summed E-state index contributed by atoms with van der Waals surface area (Å²) in [4.78, 5) is 16.1. The lowest BCUT2D eigenvalue weighted by Gasteiger charge is -2.07. The van der Waals surface area contributed by atoms with Crippen molar-refractivity contribution >= 4 is 17.6 Å². The van der Waals surface area contributed by atoms with Crippen molar-refractivity contribution in [1.29, 1.82) is 0 Å². The zero-order chi connectivity index (χ0) is 18.2. The van der Waals surface area contributed by atoms with Gasteiger partial charge in [-0.1, -0.05) is 25.1 Å². The number of aliphatic imine (C=N–C) groups is 1. The molecule has 0 aliphatic heterocycles. The van der Waals surface area contributed by atoms with Gasteiger partial charge in [-0.2, -0.15) is 0 Å². The molecule has 0 fully saturated rings. The molecule has 0 saturated carbocycles. The maximum Gasteiger partial charge on any atom is 0.251 e. The molecular weight excluding hydrogens is 319 g/mol. The summed E-state index contributed by atoms with van der Waals surface area (Å²) >= 11 is 0. The molecule has 0 aliphatic carbocycles. The summed E-state index contributed by atoms with van der Waals surface area (Å²) in [7, 11) is 0. The number of nitrogens with two attached hydrogens (primary N) is 1. The summed E-state index contributed by atoms with van der Waals surface area (Å²) in [6.45, 7) is 4.38. The van der Waals surface area contributed by atoms with Gasteiger partial charge in [-0.05, 0) is 48.7 Å². The van der Waals surface area contributed by atoms with Gasteiger partial charge in [0.1, 0.15) is 5.82 Å². The van der Waals surface area contributed by atoms with Crippen molar-refractivity contribution < 1.29 is 9.18 Å². The van der Waals surface area contributed by atoms with Crippen molar-refractivity contribution in [3.05, 3.63) is 65.0 Å². The number of hydrogen-bond donors (Lipinski definition) is 3. The minimum absolute atomic E-state index is 0.278. The molecule has 2 rings (SSSR count). The molecule has 6 heteroatoms. The Morgan fingerprint density at radius 3 is 2.56 bits per heavy atom. The van der Waals surface area contributed by atoms with E-state index in [1.54, 1.807) is 19.1 Å². The Morgan fingerprint density at radius 2 is 1.92 bits per heavy atom. The highest BCUT2D eigenvalue weighted by atomic mass is 19.1. The molecule has 25 heavy (non-hydrogen) atoms. The van der Waals surface area contributed by atoms with Crippen LogP contribution in [-0.4, -0.2) is 25.0 Å². The number of halogens is 1. The molecule has 132 valence electrons. The van der Waals surface area contributed by atoms with E-state index in [0.717, 1.165) is 12.1 Å². The first-order chi connectivity index (χ1) is 12.0. The van der Waals surface area contributed by atoms with E-state index < -0.39 is 5.82 Å². The number of carbonyl (C=O) groups excluding carboxylic acids is 1. The van der Waals surface area contributed by atoms with Crippen molar-refractivity contribution in [2.45, 2.75) is 20.3 Å². The Bertz CT molecular complexity index is 757. The minimum Gasteiger partial charge on any atom is -0.370 e. The molecule has 0 bridgehead atoms. The van der Waals surface area contributed by atoms with Gasteiger partial charge in [0.15, 0.2) is 5.96 Å². The van der Waals surface area contributed by atoms with Crippen molar-refractivity contribution in [1.82, 2.24) is 5.32 Å². The van der Waals surface area contributed by atoms with Crippen LogP contribution in [0.4, 0.5) is 10.1 Å². The van der Waals surface area contributed by atoms with E-state index in [-0.39, 0.29) is 17.4 Å². The molecule has 0 aliphatic rings. The van der Waals surface area contributed by atoms with Crippen LogP contribution in [0.1, 0.15) is 28.4 Å². The number of aryl methyl sites for hydroxylation is 2. The predicted octanol–water partition coefficient (Wildman–Crippen LogP) is 2.85. The smallest absolute Gasteiger partial charge is 0.251 e. The highest BCUT2D eigenvalue weighted by molar-refractivity contribution is 5.94. The average molecular weight is 342 g/mol. The van der Waals surface area contributed by atoms with Crippen molar-refractivity contribution in [2.24, 2.45) is 10.7 Å². The van der Waals surface area contributed by atoms with E-state index in [0.29, 0.717) is 18.7 Å². The lowest BCUT2D eigenvalue weighted by molar-refractivity contribution is 0.0954. The Labute approximate surface area is 147 Å². The van der Waals surface area contributed by atoms with Gasteiger partial charge >= 0.3 is 0 Å². The monoisotopic (exact) mass is 342 g/mol. The van der Waals surface area contributed by atoms with Crippen LogP contribution >= 0.6 is 0 Å². The van der Waals surface area contributed by atoms with Gasteiger partial charge in [0, 0.05) is 17.8 Å². The summed E-state index contributed by atoms with van der Waals surface area (Å²) in [5.74, 6) is -0.455. The standard InChI is InChI=1S/C19H23FN4O/c1-3-14-5-8-16(9-6-14)24-19(21)23-11-10-22-18(25)15-7-4-13(2)17(20)12-15/h4-9,12H,3,10-11H2,1-2H3,(H,22,25)(H3,21,23,24). The van der Waals surface area contributed by atoms with Crippen LogP contribution in [0.5, 0.6) is 0 Å². The van der Waals surface area contributed by atoms with Crippen LogP contribution in [0, 0.1) is 12.7 Å². The van der Waals surface area contributed by atoms with Gasteiger partial charge in [0.2, 0.25) is 0 Å². The molecule has 0 aromatic heterocycles. The van der Waals surface area contributed by atoms with Gasteiger partial charge < -0.3 is 16.4 Å². The molecule has 0 atom stereocenters. The molecule has 0 radical (unpaired) electrons. The summed E-state index contributed by atoms with van der Waals surface area (Å²) < 4.78 is 13.5. The largest absolute Gasteiger partial charge is 0.370 e. The van der Waals surface area contributed by atoms with Crippen LogP contribution in [0.15, 0.2) is 47.5 Å². The molecule has 0 unspecified atom stereocenters. The molecule has 2 aromatic carbocycles. The van der Waals surface area contributed by atoms with Gasteiger partial charge in [0.05, 0.1) is 6.54 Å². The van der Waals surface area contributed by atoms with Crippen LogP contribution in [0.3, 0.4) is 0 Å². The van der Waals surface area contributed by atoms with E-state index in [1.165, 1.54) is 11.6 Å². The summed E-state index contributed by atoms with van der Waals surface area (Å²) in [6, 6.07) is 12.3. The number of rotatable bonds is 6. The fourth-order valence-electron chi connectivity index (χ4n) is 2.19. The summed E-state index contributed by atoms with van der Waals surface area (Å²) in [5, 5.41) is 5.68. The lowest BCUT2D eigenvalue weighted by atomic mass is 10.1. The third kappa shape index (κ3) is 5.60. The summed E-state index contributed by atoms with van der Waals surface area (Å²) in [5.41, 5.74) is 8.72. The highest BCUT2D eigenvalue weighted by Crippen LogP contribution is 2.10. The first kappa shape index (κ1) is 18.4. The number of nitrogens with zero attached hydrogens (tertiary/aromatic N) is 1. The Hall–Kier alpha value is -2.89. The number of benzene rings is 2. The predicted molar refractivity (Wildman–Crippen MR) is 99.4 cm³/mol. The van der Waals surface area contributed by atoms with Gasteiger partial charge in [-0.3, -0.25) is 9.79 Å². The van der Waals surface area contributed by atoms with Crippen molar-refractivity contribution in [3.8, 4) is 0 Å². The highest BCUT2D eigenvalue weighted by Gasteiger charge is 2.07. The second-order valence-corrected chi connectivity index (χ2v) is 5.66. The maximum atomic E-state index is 13.5. The average Bonchev–Trinajstić information content (AvgIpc) is 2.61. The Balaban J connectivity index is 1.79. The zero-order valence-corrected chi connectivity index (χ0v) is 14.5. The van der Waals surface area contributed by atoms with Crippen LogP contribution in [0.25, 0.3) is 0 Å². The third-order valence-corrected chi connectivity index (χ3v) is 3.75. The fraction of sp³-hybridized carbons (Fsp3) is 0.263. The van der Waals surface area contributed by atoms with E-state index in [2.05, 4.69) is 22.5 Å². The maximum absolute atomic E-state index is 13.5. The molecular formula is C19H23FN4O. The topological polar surface area (TPSA) is 79.5 Å². The molecule has 0 saturated heterocycles. The molecule has 4 N–H and O–H groups in total. The Kier molecular flexibility index (Phi) is 6.51. The molecule has 1 amide bonds. The number of guanidine groups is 1. The van der Waals surface area contributed by atoms with E-state index in [4.69, 9.17) is 5.73 Å². The van der Waals surface area contributed by atoms with Gasteiger partial charge in [-0.25, -0.2) is 4.39 Å². The SMILES string of the molecule is CCc1ccc(NC(N)=NCCNC(=O)c2ccc(C)c(F)c2)cc1. The number of carbonyl (C=O) groups is 1. The second kappa shape index (κ2) is 8.82. The second-order valence-electron chi connectivity index (χ2n) is 5.66. The number of hydrogen-bond acceptors (Lipinski definition) is 2. The molecule has 0 heterocycles. The molecule has 5 nitrogen and oxygen atoms in total. The molecule has 2 aromatic rings. The quantitative estimate of drug-likeness (QED) is 0.429. The van der Waals surface area contributed by atoms with E-state index in [1.807, 2.05) is 24.3 Å². The van der Waals surface area contributed by atoms with Crippen LogP contribution in [0.2, 0.25) is 0 Å². The normalized spacial score (nSPS) is 11.2. The van der Waals surface area contributed by atoms with Gasteiger partial charge in [-0.15, -0.1) is 0 Å². The molecule has 0 spiro atoms. The van der Waals surface area contributed by atoms with E-state index >= 15 is 0 Å². The van der Waals surface area contributed by atoms with Gasteiger partial charge in [0.25, 0.3) is 5.91 Å². The first-order valence-electron chi connectivity index (χ1n) is 8.20. The number of anilines is 1. The van der Waals surface area contributed by atoms with E-state index in [9.17, 15) is 9.18 Å². The fourth-order valence-corrected chi connectivity index (χ4v) is 2.19. The zero-order valence-electron chi connectivity index (χ0n) is 14.5. The Morgan fingerprint density at radius 1 is 1.20 bits per heavy atom. The van der Waals surface area contributed by atoms with Crippen molar-refractivity contribution in [3.63, 3.8) is 0 Å². The van der Waals surface area contributed by atoms with Crippen LogP contribution < -0.4 is 16.4 Å². The lowest BCUT2D eigenvalue weighted by Crippen LogP contribution is -2.28. The van der Waals surface area contributed by atoms with Crippen molar-refractivity contribution in [2.75, 3.05) is 18.4 Å². The third-order valence-electron chi connectivity index (χ3n) is 3.75. The first-order valence-corrected chi connectivity index (χ1v) is 8.20. The number of amides is 1. The van der Waals surface area contributed by atoms with Crippen LogP contribution in [-0.2, 0) is 6.42 Å². The number of nitrogens with one attached hydrogen (secondary N) is 2. The minimum atomic E-state index is -0.395. The summed E-state index contributed by atoms with van der Waals surface area (Å²) in [6.07, 6.45) is 0.981.